The van der Waals surface area contributed by atoms with E-state index in [1.54, 1.807) is 11.3 Å². The van der Waals surface area contributed by atoms with Crippen molar-refractivity contribution in [2.45, 2.75) is 57.8 Å². The number of likely N-dealkylation sites (tertiary alicyclic amines) is 1. The van der Waals surface area contributed by atoms with Crippen LogP contribution in [-0.2, 0) is 11.2 Å². The number of nitrogens with zero attached hydrogens (tertiary/aromatic N) is 3. The number of hydrogen-bond donors (Lipinski definition) is 0. The number of piperidine rings is 1. The van der Waals surface area contributed by atoms with Crippen LogP contribution in [0.4, 0.5) is 0 Å². The highest BCUT2D eigenvalue weighted by Crippen LogP contribution is 2.60. The lowest BCUT2D eigenvalue weighted by molar-refractivity contribution is -0.159. The van der Waals surface area contributed by atoms with Crippen molar-refractivity contribution in [3.63, 3.8) is 0 Å². The first-order valence-corrected chi connectivity index (χ1v) is 12.3. The summed E-state index contributed by atoms with van der Waals surface area (Å²) in [4.78, 5) is 20.5. The van der Waals surface area contributed by atoms with Crippen LogP contribution in [0.5, 0.6) is 0 Å². The number of rotatable bonds is 4. The summed E-state index contributed by atoms with van der Waals surface area (Å²) in [5, 5.41) is 8.22. The second-order valence-electron chi connectivity index (χ2n) is 10.2. The van der Waals surface area contributed by atoms with Gasteiger partial charge in [0.15, 0.2) is 0 Å². The molecule has 154 valence electrons. The summed E-state index contributed by atoms with van der Waals surface area (Å²) >= 11 is 1.64. The second-order valence-corrected chi connectivity index (χ2v) is 11.0. The van der Waals surface area contributed by atoms with E-state index in [0.29, 0.717) is 23.5 Å². The van der Waals surface area contributed by atoms with Gasteiger partial charge in [0.05, 0.1) is 5.41 Å². The minimum atomic E-state index is -0.0206. The van der Waals surface area contributed by atoms with Crippen LogP contribution in [0.1, 0.15) is 57.3 Å². The van der Waals surface area contributed by atoms with Crippen LogP contribution in [0.3, 0.4) is 0 Å². The molecule has 0 N–H and O–H groups in total. The third kappa shape index (κ3) is 3.24. The van der Waals surface area contributed by atoms with Crippen LogP contribution in [0.25, 0.3) is 11.4 Å². The summed E-state index contributed by atoms with van der Waals surface area (Å²) in [7, 11) is 0. The highest BCUT2D eigenvalue weighted by Gasteiger charge is 2.55. The van der Waals surface area contributed by atoms with Gasteiger partial charge in [-0.15, -0.1) is 0 Å². The minimum absolute atomic E-state index is 0.0206. The molecule has 4 saturated carbocycles. The Hall–Kier alpha value is -1.69. The molecule has 2 aromatic rings. The van der Waals surface area contributed by atoms with Gasteiger partial charge in [-0.2, -0.15) is 16.3 Å². The molecule has 7 rings (SSSR count). The molecule has 0 radical (unpaired) electrons. The highest BCUT2D eigenvalue weighted by molar-refractivity contribution is 7.08. The lowest BCUT2D eigenvalue weighted by Crippen LogP contribution is -2.56. The van der Waals surface area contributed by atoms with Gasteiger partial charge in [-0.05, 0) is 86.5 Å². The van der Waals surface area contributed by atoms with E-state index in [4.69, 9.17) is 4.52 Å². The van der Waals surface area contributed by atoms with Crippen LogP contribution in [0.15, 0.2) is 21.3 Å². The molecule has 29 heavy (non-hydrogen) atoms. The Morgan fingerprint density at radius 3 is 2.66 bits per heavy atom. The number of carbonyl (C=O) groups excluding carboxylic acids is 1. The van der Waals surface area contributed by atoms with E-state index < -0.39 is 0 Å². The van der Waals surface area contributed by atoms with Crippen LogP contribution >= 0.6 is 11.3 Å². The first-order chi connectivity index (χ1) is 14.2. The summed E-state index contributed by atoms with van der Waals surface area (Å²) < 4.78 is 5.53. The molecular formula is C23H29N3O2S. The molecule has 2 aromatic heterocycles. The molecular weight excluding hydrogens is 382 g/mol. The molecule has 3 heterocycles. The fourth-order valence-electron chi connectivity index (χ4n) is 7.22. The van der Waals surface area contributed by atoms with E-state index in [-0.39, 0.29) is 5.41 Å². The lowest BCUT2D eigenvalue weighted by atomic mass is 9.49. The number of aromatic nitrogens is 2. The van der Waals surface area contributed by atoms with Crippen molar-refractivity contribution in [3.05, 3.63) is 22.7 Å². The Morgan fingerprint density at radius 1 is 1.21 bits per heavy atom. The van der Waals surface area contributed by atoms with Gasteiger partial charge in [0, 0.05) is 30.5 Å². The predicted molar refractivity (Wildman–Crippen MR) is 111 cm³/mol. The van der Waals surface area contributed by atoms with Gasteiger partial charge in [-0.25, -0.2) is 0 Å². The molecule has 1 saturated heterocycles. The van der Waals surface area contributed by atoms with Gasteiger partial charge >= 0.3 is 0 Å². The molecule has 4 aliphatic carbocycles. The fourth-order valence-corrected chi connectivity index (χ4v) is 7.85. The van der Waals surface area contributed by atoms with E-state index >= 15 is 0 Å². The van der Waals surface area contributed by atoms with Crippen molar-refractivity contribution in [2.24, 2.45) is 29.1 Å². The molecule has 0 spiro atoms. The Balaban J connectivity index is 1.14. The van der Waals surface area contributed by atoms with Crippen molar-refractivity contribution in [3.8, 4) is 11.4 Å². The zero-order valence-corrected chi connectivity index (χ0v) is 17.7. The smallest absolute Gasteiger partial charge is 0.228 e. The molecule has 1 aliphatic heterocycles. The summed E-state index contributed by atoms with van der Waals surface area (Å²) in [5.74, 6) is 4.75. The van der Waals surface area contributed by atoms with Crippen molar-refractivity contribution in [2.75, 3.05) is 13.1 Å². The van der Waals surface area contributed by atoms with Gasteiger partial charge in [0.2, 0.25) is 17.6 Å². The van der Waals surface area contributed by atoms with E-state index in [0.717, 1.165) is 74.9 Å². The minimum Gasteiger partial charge on any atom is -0.342 e. The summed E-state index contributed by atoms with van der Waals surface area (Å²) in [6.45, 7) is 1.79. The van der Waals surface area contributed by atoms with E-state index in [9.17, 15) is 4.79 Å². The average Bonchev–Trinajstić information content (AvgIpc) is 3.38. The number of carbonyl (C=O) groups is 1. The maximum Gasteiger partial charge on any atom is 0.228 e. The van der Waals surface area contributed by atoms with Crippen LogP contribution < -0.4 is 0 Å². The number of thiophene rings is 1. The zero-order chi connectivity index (χ0) is 19.4. The van der Waals surface area contributed by atoms with Crippen molar-refractivity contribution >= 4 is 17.2 Å². The average molecular weight is 412 g/mol. The summed E-state index contributed by atoms with van der Waals surface area (Å²) in [6.07, 6.45) is 10.7. The van der Waals surface area contributed by atoms with E-state index in [1.807, 2.05) is 16.8 Å². The molecule has 0 aromatic carbocycles. The van der Waals surface area contributed by atoms with E-state index in [1.165, 1.54) is 19.3 Å². The first-order valence-electron chi connectivity index (χ1n) is 11.3. The molecule has 1 amide bonds. The Kier molecular flexibility index (Phi) is 4.33. The molecule has 6 heteroatoms. The Morgan fingerprint density at radius 2 is 1.97 bits per heavy atom. The van der Waals surface area contributed by atoms with Gasteiger partial charge in [0.25, 0.3) is 0 Å². The maximum atomic E-state index is 13.7. The molecule has 1 unspecified atom stereocenters. The highest BCUT2D eigenvalue weighted by atomic mass is 32.1. The van der Waals surface area contributed by atoms with Crippen molar-refractivity contribution in [1.29, 1.82) is 0 Å². The normalized spacial score (nSPS) is 35.9. The molecule has 5 fully saturated rings. The zero-order valence-electron chi connectivity index (χ0n) is 16.9. The van der Waals surface area contributed by atoms with Crippen LogP contribution in [0.2, 0.25) is 0 Å². The SMILES string of the molecule is O=C(N1CCCC(Cc2nc(-c3ccsc3)no2)C1)C12CC3CC(CC(C3)C1)C2. The lowest BCUT2D eigenvalue weighted by Gasteiger charge is -2.57. The van der Waals surface area contributed by atoms with Gasteiger partial charge in [-0.1, -0.05) is 5.16 Å². The Bertz CT molecular complexity index is 855. The summed E-state index contributed by atoms with van der Waals surface area (Å²) in [6, 6.07) is 2.02. The van der Waals surface area contributed by atoms with Gasteiger partial charge < -0.3 is 9.42 Å². The molecule has 4 bridgehead atoms. The topological polar surface area (TPSA) is 59.2 Å². The van der Waals surface area contributed by atoms with E-state index in [2.05, 4.69) is 15.0 Å². The van der Waals surface area contributed by atoms with Crippen LogP contribution in [0, 0.1) is 29.1 Å². The maximum absolute atomic E-state index is 13.7. The third-order valence-electron chi connectivity index (χ3n) is 8.01. The van der Waals surface area contributed by atoms with Crippen molar-refractivity contribution < 1.29 is 9.32 Å². The number of amides is 1. The van der Waals surface area contributed by atoms with Gasteiger partial charge in [-0.3, -0.25) is 4.79 Å². The first kappa shape index (κ1) is 18.1. The van der Waals surface area contributed by atoms with Gasteiger partial charge in [0.1, 0.15) is 0 Å². The predicted octanol–water partition coefficient (Wildman–Crippen LogP) is 4.80. The third-order valence-corrected chi connectivity index (χ3v) is 8.69. The standard InChI is InChI=1S/C23H29N3O2S/c27-22(23-10-16-6-17(11-23)8-18(7-16)12-23)26-4-1-2-15(13-26)9-20-24-21(25-28-20)19-3-5-29-14-19/h3,5,14-18H,1-2,4,6-13H2. The quantitative estimate of drug-likeness (QED) is 0.725. The molecule has 1 atom stereocenters. The number of hydrogen-bond acceptors (Lipinski definition) is 5. The molecule has 5 aliphatic rings. The van der Waals surface area contributed by atoms with Crippen molar-refractivity contribution in [1.82, 2.24) is 15.0 Å². The molecule has 5 nitrogen and oxygen atoms in total. The second kappa shape index (κ2) is 6.93. The largest absolute Gasteiger partial charge is 0.342 e. The summed E-state index contributed by atoms with van der Waals surface area (Å²) in [5.41, 5.74) is 1.00. The Labute approximate surface area is 175 Å². The van der Waals surface area contributed by atoms with Crippen LogP contribution in [-0.4, -0.2) is 34.0 Å². The fraction of sp³-hybridized carbons (Fsp3) is 0.696. The monoisotopic (exact) mass is 411 g/mol.